The van der Waals surface area contributed by atoms with Gasteiger partial charge in [0.05, 0.1) is 5.57 Å². The molecule has 1 aliphatic rings. The summed E-state index contributed by atoms with van der Waals surface area (Å²) in [5.41, 5.74) is 4.85. The Hall–Kier alpha value is -2.49. The topological polar surface area (TPSA) is 116 Å². The fourth-order valence-electron chi connectivity index (χ4n) is 2.06. The number of rotatable bonds is 1. The average Bonchev–Trinajstić information content (AvgIpc) is 2.64. The van der Waals surface area contributed by atoms with Gasteiger partial charge in [-0.05, 0) is 0 Å². The van der Waals surface area contributed by atoms with Crippen LogP contribution in [0.5, 0.6) is 0 Å². The van der Waals surface area contributed by atoms with Crippen LogP contribution >= 0.6 is 0 Å². The van der Waals surface area contributed by atoms with E-state index in [0.29, 0.717) is 0 Å². The molecule has 19 heavy (non-hydrogen) atoms. The Labute approximate surface area is 111 Å². The van der Waals surface area contributed by atoms with Crippen molar-refractivity contribution in [3.63, 3.8) is 0 Å². The van der Waals surface area contributed by atoms with Gasteiger partial charge < -0.3 is 15.2 Å². The number of allylic oxidation sites excluding steroid dienone is 1. The second kappa shape index (κ2) is 4.65. The van der Waals surface area contributed by atoms with Crippen LogP contribution in [-0.4, -0.2) is 12.9 Å². The highest BCUT2D eigenvalue weighted by molar-refractivity contribution is 5.60. The zero-order chi connectivity index (χ0) is 14.8. The van der Waals surface area contributed by atoms with Gasteiger partial charge in [0.1, 0.15) is 29.4 Å². The Balaban J connectivity index is 3.76. The lowest BCUT2D eigenvalue weighted by atomic mass is 9.77. The van der Waals surface area contributed by atoms with E-state index in [2.05, 4.69) is 0 Å². The number of nitrogens with zero attached hydrogens (tertiary/aromatic N) is 3. The highest BCUT2D eigenvalue weighted by atomic mass is 16.7. The van der Waals surface area contributed by atoms with Gasteiger partial charge in [0.15, 0.2) is 0 Å². The SMILES string of the molecule is CO[C@]1(C(C)(C)C)OC(N)=C(C#N)C1=C(C#N)C#N. The highest BCUT2D eigenvalue weighted by Crippen LogP contribution is 2.49. The smallest absolute Gasteiger partial charge is 0.247 e. The summed E-state index contributed by atoms with van der Waals surface area (Å²) in [6, 6.07) is 5.38. The van der Waals surface area contributed by atoms with E-state index in [1.807, 2.05) is 6.07 Å². The number of hydrogen-bond donors (Lipinski definition) is 1. The predicted octanol–water partition coefficient (Wildman–Crippen LogP) is 1.44. The first-order chi connectivity index (χ1) is 8.78. The van der Waals surface area contributed by atoms with Crippen molar-refractivity contribution in [3.05, 3.63) is 22.6 Å². The molecular weight excluding hydrogens is 244 g/mol. The fourth-order valence-corrected chi connectivity index (χ4v) is 2.06. The minimum absolute atomic E-state index is 0.0325. The first-order valence-corrected chi connectivity index (χ1v) is 5.48. The van der Waals surface area contributed by atoms with Gasteiger partial charge in [0.2, 0.25) is 11.7 Å². The zero-order valence-electron chi connectivity index (χ0n) is 11.2. The first kappa shape index (κ1) is 14.6. The van der Waals surface area contributed by atoms with Gasteiger partial charge in [-0.25, -0.2) is 0 Å². The summed E-state index contributed by atoms with van der Waals surface area (Å²) in [4.78, 5) is 0. The molecular formula is C13H14N4O2. The Morgan fingerprint density at radius 2 is 1.79 bits per heavy atom. The molecule has 0 aromatic rings. The van der Waals surface area contributed by atoms with Crippen molar-refractivity contribution in [2.24, 2.45) is 11.1 Å². The Kier molecular flexibility index (Phi) is 3.56. The molecule has 0 aromatic carbocycles. The highest BCUT2D eigenvalue weighted by Gasteiger charge is 2.56. The predicted molar refractivity (Wildman–Crippen MR) is 65.4 cm³/mol. The lowest BCUT2D eigenvalue weighted by Gasteiger charge is -2.40. The third-order valence-electron chi connectivity index (χ3n) is 2.94. The summed E-state index contributed by atoms with van der Waals surface area (Å²) in [7, 11) is 1.38. The molecule has 1 rings (SSSR count). The van der Waals surface area contributed by atoms with Crippen molar-refractivity contribution in [2.75, 3.05) is 7.11 Å². The molecule has 0 unspecified atom stereocenters. The molecule has 0 aromatic heterocycles. The van der Waals surface area contributed by atoms with Crippen molar-refractivity contribution >= 4 is 0 Å². The van der Waals surface area contributed by atoms with Crippen molar-refractivity contribution in [2.45, 2.75) is 26.6 Å². The molecule has 2 N–H and O–H groups in total. The minimum Gasteiger partial charge on any atom is -0.441 e. The quantitative estimate of drug-likeness (QED) is 0.711. The van der Waals surface area contributed by atoms with Crippen LogP contribution < -0.4 is 5.73 Å². The summed E-state index contributed by atoms with van der Waals surface area (Å²) >= 11 is 0. The number of nitrogens with two attached hydrogens (primary N) is 1. The van der Waals surface area contributed by atoms with Gasteiger partial charge >= 0.3 is 0 Å². The van der Waals surface area contributed by atoms with E-state index >= 15 is 0 Å². The van der Waals surface area contributed by atoms with E-state index in [1.165, 1.54) is 7.11 Å². The zero-order valence-corrected chi connectivity index (χ0v) is 11.2. The molecule has 0 aliphatic carbocycles. The minimum atomic E-state index is -1.43. The van der Waals surface area contributed by atoms with Gasteiger partial charge in [0.25, 0.3) is 0 Å². The van der Waals surface area contributed by atoms with Crippen molar-refractivity contribution < 1.29 is 9.47 Å². The molecule has 0 saturated heterocycles. The fraction of sp³-hybridized carbons (Fsp3) is 0.462. The van der Waals surface area contributed by atoms with E-state index < -0.39 is 11.2 Å². The molecule has 1 atom stereocenters. The summed E-state index contributed by atoms with van der Waals surface area (Å²) < 4.78 is 10.9. The maximum atomic E-state index is 9.16. The van der Waals surface area contributed by atoms with Crippen LogP contribution in [0, 0.1) is 39.4 Å². The third-order valence-corrected chi connectivity index (χ3v) is 2.94. The molecule has 0 amide bonds. The molecule has 1 heterocycles. The number of hydrogen-bond acceptors (Lipinski definition) is 6. The molecule has 1 aliphatic heterocycles. The number of methoxy groups -OCH3 is 1. The largest absolute Gasteiger partial charge is 0.441 e. The first-order valence-electron chi connectivity index (χ1n) is 5.48. The van der Waals surface area contributed by atoms with E-state index in [0.717, 1.165) is 0 Å². The van der Waals surface area contributed by atoms with Gasteiger partial charge in [0, 0.05) is 12.5 Å². The normalized spacial score (nSPS) is 22.3. The van der Waals surface area contributed by atoms with Crippen LogP contribution in [0.3, 0.4) is 0 Å². The van der Waals surface area contributed by atoms with Crippen LogP contribution in [0.25, 0.3) is 0 Å². The Bertz CT molecular complexity index is 574. The third kappa shape index (κ3) is 1.91. The van der Waals surface area contributed by atoms with E-state index in [9.17, 15) is 0 Å². The molecule has 0 fully saturated rings. The monoisotopic (exact) mass is 258 g/mol. The van der Waals surface area contributed by atoms with Crippen LogP contribution in [-0.2, 0) is 9.47 Å². The van der Waals surface area contributed by atoms with E-state index in [4.69, 9.17) is 31.0 Å². The summed E-state index contributed by atoms with van der Waals surface area (Å²) in [6.07, 6.45) is 0. The summed E-state index contributed by atoms with van der Waals surface area (Å²) in [6.45, 7) is 5.41. The van der Waals surface area contributed by atoms with Crippen LogP contribution in [0.2, 0.25) is 0 Å². The van der Waals surface area contributed by atoms with Crippen LogP contribution in [0.1, 0.15) is 20.8 Å². The number of ether oxygens (including phenoxy) is 2. The molecule has 0 radical (unpaired) electrons. The second-order valence-electron chi connectivity index (χ2n) is 5.00. The maximum absolute atomic E-state index is 9.16. The van der Waals surface area contributed by atoms with E-state index in [-0.39, 0.29) is 22.6 Å². The molecule has 0 saturated carbocycles. The Morgan fingerprint density at radius 1 is 1.26 bits per heavy atom. The maximum Gasteiger partial charge on any atom is 0.247 e. The molecule has 0 spiro atoms. The van der Waals surface area contributed by atoms with Crippen molar-refractivity contribution in [3.8, 4) is 18.2 Å². The van der Waals surface area contributed by atoms with Crippen LogP contribution in [0.15, 0.2) is 22.6 Å². The lowest BCUT2D eigenvalue weighted by Crippen LogP contribution is -2.47. The molecule has 98 valence electrons. The van der Waals surface area contributed by atoms with Crippen molar-refractivity contribution in [1.82, 2.24) is 0 Å². The molecule has 6 heteroatoms. The standard InChI is InChI=1S/C13H14N4O2/c1-12(2,3)13(18-4)10(8(5-14)6-15)9(7-16)11(17)19-13/h17H2,1-4H3/t13-/m0/s1. The van der Waals surface area contributed by atoms with Gasteiger partial charge in [-0.1, -0.05) is 20.8 Å². The van der Waals surface area contributed by atoms with Gasteiger partial charge in [-0.3, -0.25) is 0 Å². The molecule has 6 nitrogen and oxygen atoms in total. The lowest BCUT2D eigenvalue weighted by molar-refractivity contribution is -0.219. The Morgan fingerprint density at radius 3 is 2.11 bits per heavy atom. The van der Waals surface area contributed by atoms with Gasteiger partial charge in [-0.15, -0.1) is 0 Å². The number of nitriles is 3. The van der Waals surface area contributed by atoms with Crippen LogP contribution in [0.4, 0.5) is 0 Å². The summed E-state index contributed by atoms with van der Waals surface area (Å²) in [5, 5.41) is 27.3. The second-order valence-corrected chi connectivity index (χ2v) is 5.00. The average molecular weight is 258 g/mol. The van der Waals surface area contributed by atoms with Crippen molar-refractivity contribution in [1.29, 1.82) is 15.8 Å². The molecule has 0 bridgehead atoms. The summed E-state index contributed by atoms with van der Waals surface area (Å²) in [5.74, 6) is -1.57. The van der Waals surface area contributed by atoms with Gasteiger partial charge in [-0.2, -0.15) is 15.8 Å². The van der Waals surface area contributed by atoms with E-state index in [1.54, 1.807) is 32.9 Å².